The zero-order valence-electron chi connectivity index (χ0n) is 9.72. The Morgan fingerprint density at radius 2 is 1.87 bits per heavy atom. The molecule has 1 radical (unpaired) electrons. The van der Waals surface area contributed by atoms with Gasteiger partial charge in [0, 0.05) is 5.92 Å². The van der Waals surface area contributed by atoms with Gasteiger partial charge in [0.1, 0.15) is 0 Å². The Kier molecular flexibility index (Phi) is 4.98. The van der Waals surface area contributed by atoms with E-state index >= 15 is 0 Å². The van der Waals surface area contributed by atoms with Crippen LogP contribution in [0.5, 0.6) is 0 Å². The number of hydrogen-bond acceptors (Lipinski definition) is 0. The highest BCUT2D eigenvalue weighted by molar-refractivity contribution is 5.28. The predicted molar refractivity (Wildman–Crippen MR) is 65.2 cm³/mol. The van der Waals surface area contributed by atoms with Crippen molar-refractivity contribution < 1.29 is 0 Å². The third-order valence-corrected chi connectivity index (χ3v) is 2.75. The predicted octanol–water partition coefficient (Wildman–Crippen LogP) is 4.25. The Morgan fingerprint density at radius 3 is 2.40 bits per heavy atom. The summed E-state index contributed by atoms with van der Waals surface area (Å²) in [5, 5.41) is 0. The highest BCUT2D eigenvalue weighted by Crippen LogP contribution is 2.21. The molecule has 0 aromatic heterocycles. The van der Waals surface area contributed by atoms with Crippen molar-refractivity contribution in [2.45, 2.75) is 45.4 Å². The number of benzene rings is 1. The average molecular weight is 199 g/mol. The molecule has 0 saturated carbocycles. The highest BCUT2D eigenvalue weighted by atomic mass is 14.1. The van der Waals surface area contributed by atoms with E-state index in [1.54, 1.807) is 0 Å². The molecule has 0 spiro atoms. The van der Waals surface area contributed by atoms with E-state index < -0.39 is 0 Å². The van der Waals surface area contributed by atoms with Gasteiger partial charge in [-0.25, -0.2) is 0 Å². The molecule has 0 aliphatic carbocycles. The second-order valence-corrected chi connectivity index (χ2v) is 4.10. The van der Waals surface area contributed by atoms with Crippen LogP contribution in [0.1, 0.15) is 49.7 Å². The Hall–Kier alpha value is -1.22. The molecule has 1 aromatic carbocycles. The van der Waals surface area contributed by atoms with Crippen LogP contribution in [0.15, 0.2) is 24.3 Å². The first-order valence-corrected chi connectivity index (χ1v) is 5.76. The van der Waals surface area contributed by atoms with Crippen molar-refractivity contribution in [3.05, 3.63) is 41.8 Å². The summed E-state index contributed by atoms with van der Waals surface area (Å²) in [7, 11) is 0. The summed E-state index contributed by atoms with van der Waals surface area (Å²) < 4.78 is 0. The molecule has 0 heterocycles. The van der Waals surface area contributed by atoms with Crippen molar-refractivity contribution in [2.75, 3.05) is 0 Å². The molecular weight excluding hydrogens is 180 g/mol. The van der Waals surface area contributed by atoms with E-state index in [1.165, 1.54) is 30.4 Å². The molecule has 0 aliphatic heterocycles. The van der Waals surface area contributed by atoms with Gasteiger partial charge in [0.15, 0.2) is 0 Å². The lowest BCUT2D eigenvalue weighted by Crippen LogP contribution is -1.95. The summed E-state index contributed by atoms with van der Waals surface area (Å²) in [6.45, 7) is 4.29. The lowest BCUT2D eigenvalue weighted by atomic mass is 9.93. The molecule has 1 rings (SSSR count). The van der Waals surface area contributed by atoms with Gasteiger partial charge in [0.25, 0.3) is 0 Å². The standard InChI is InChI=1S/C15H19/c1-4-6-7-8-14(5-2)15-11-9-13(3)10-12-15/h9-12,14H,4,6-8H2,1,3H3. The number of hydrogen-bond donors (Lipinski definition) is 0. The van der Waals surface area contributed by atoms with E-state index in [1.807, 2.05) is 0 Å². The van der Waals surface area contributed by atoms with Gasteiger partial charge in [-0.1, -0.05) is 61.9 Å². The van der Waals surface area contributed by atoms with Crippen LogP contribution in [0.3, 0.4) is 0 Å². The molecule has 0 heteroatoms. The molecule has 0 aliphatic rings. The SMILES string of the molecule is [C]#CC(CCCCC)c1ccc(C)cc1. The van der Waals surface area contributed by atoms with Crippen LogP contribution in [-0.2, 0) is 0 Å². The molecule has 1 atom stereocenters. The minimum atomic E-state index is 0.192. The molecule has 0 saturated heterocycles. The Labute approximate surface area is 93.7 Å². The molecule has 0 amide bonds. The third-order valence-electron chi connectivity index (χ3n) is 2.75. The summed E-state index contributed by atoms with van der Waals surface area (Å²) in [6.07, 6.45) is 12.1. The van der Waals surface area contributed by atoms with Gasteiger partial charge >= 0.3 is 0 Å². The van der Waals surface area contributed by atoms with Crippen LogP contribution < -0.4 is 0 Å². The highest BCUT2D eigenvalue weighted by Gasteiger charge is 2.07. The Bertz CT molecular complexity index is 313. The molecule has 0 N–H and O–H groups in total. The van der Waals surface area contributed by atoms with Crippen LogP contribution in [0.4, 0.5) is 0 Å². The maximum atomic E-state index is 7.34. The molecule has 0 bridgehead atoms. The average Bonchev–Trinajstić information content (AvgIpc) is 2.26. The van der Waals surface area contributed by atoms with Gasteiger partial charge in [-0.2, -0.15) is 0 Å². The Morgan fingerprint density at radius 1 is 1.20 bits per heavy atom. The third kappa shape index (κ3) is 3.80. The molecule has 1 aromatic rings. The zero-order chi connectivity index (χ0) is 11.1. The summed E-state index contributed by atoms with van der Waals surface area (Å²) in [4.78, 5) is 0. The first kappa shape index (κ1) is 11.9. The molecule has 0 nitrogen and oxygen atoms in total. The summed E-state index contributed by atoms with van der Waals surface area (Å²) >= 11 is 0. The van der Waals surface area contributed by atoms with Crippen molar-refractivity contribution in [3.63, 3.8) is 0 Å². The van der Waals surface area contributed by atoms with Gasteiger partial charge in [0.2, 0.25) is 0 Å². The van der Waals surface area contributed by atoms with E-state index in [9.17, 15) is 0 Å². The van der Waals surface area contributed by atoms with Crippen LogP contribution in [-0.4, -0.2) is 0 Å². The lowest BCUT2D eigenvalue weighted by molar-refractivity contribution is 0.637. The van der Waals surface area contributed by atoms with Crippen molar-refractivity contribution in [1.29, 1.82) is 0 Å². The minimum absolute atomic E-state index is 0.192. The van der Waals surface area contributed by atoms with Crippen molar-refractivity contribution in [1.82, 2.24) is 0 Å². The normalized spacial score (nSPS) is 12.1. The summed E-state index contributed by atoms with van der Waals surface area (Å²) in [5.74, 6) is 2.84. The maximum Gasteiger partial charge on any atom is 0.0462 e. The van der Waals surface area contributed by atoms with E-state index in [2.05, 4.69) is 44.0 Å². The fourth-order valence-corrected chi connectivity index (χ4v) is 1.72. The zero-order valence-corrected chi connectivity index (χ0v) is 9.72. The van der Waals surface area contributed by atoms with Crippen LogP contribution in [0.2, 0.25) is 0 Å². The summed E-state index contributed by atoms with van der Waals surface area (Å²) in [5.41, 5.74) is 2.50. The quantitative estimate of drug-likeness (QED) is 0.491. The second kappa shape index (κ2) is 6.30. The van der Waals surface area contributed by atoms with Crippen LogP contribution >= 0.6 is 0 Å². The largest absolute Gasteiger partial charge is 0.0809 e. The van der Waals surface area contributed by atoms with Crippen molar-refractivity contribution in [2.24, 2.45) is 0 Å². The van der Waals surface area contributed by atoms with Gasteiger partial charge in [-0.15, -0.1) is 0 Å². The van der Waals surface area contributed by atoms with Gasteiger partial charge in [-0.3, -0.25) is 0 Å². The smallest absolute Gasteiger partial charge is 0.0462 e. The number of rotatable bonds is 5. The van der Waals surface area contributed by atoms with Crippen molar-refractivity contribution in [3.8, 4) is 5.92 Å². The minimum Gasteiger partial charge on any atom is -0.0809 e. The summed E-state index contributed by atoms with van der Waals surface area (Å²) in [6, 6.07) is 8.46. The molecule has 1 unspecified atom stereocenters. The van der Waals surface area contributed by atoms with E-state index in [0.717, 1.165) is 6.42 Å². The van der Waals surface area contributed by atoms with E-state index in [4.69, 9.17) is 6.42 Å². The Balaban J connectivity index is 2.59. The monoisotopic (exact) mass is 199 g/mol. The maximum absolute atomic E-state index is 7.34. The first-order valence-electron chi connectivity index (χ1n) is 5.76. The number of aryl methyl sites for hydroxylation is 1. The molecular formula is C15H19. The number of unbranched alkanes of at least 4 members (excludes halogenated alkanes) is 2. The molecule has 0 fully saturated rings. The molecule has 79 valence electrons. The van der Waals surface area contributed by atoms with E-state index in [0.29, 0.717) is 0 Å². The van der Waals surface area contributed by atoms with Gasteiger partial charge < -0.3 is 0 Å². The molecule has 15 heavy (non-hydrogen) atoms. The van der Waals surface area contributed by atoms with Crippen LogP contribution in [0.25, 0.3) is 0 Å². The van der Waals surface area contributed by atoms with Crippen molar-refractivity contribution >= 4 is 0 Å². The second-order valence-electron chi connectivity index (χ2n) is 4.10. The topological polar surface area (TPSA) is 0 Å². The first-order chi connectivity index (χ1) is 7.27. The fraction of sp³-hybridized carbons (Fsp3) is 0.467. The fourth-order valence-electron chi connectivity index (χ4n) is 1.72. The lowest BCUT2D eigenvalue weighted by Gasteiger charge is -2.10. The van der Waals surface area contributed by atoms with Gasteiger partial charge in [0.05, 0.1) is 0 Å². The van der Waals surface area contributed by atoms with Crippen LogP contribution in [0, 0.1) is 19.3 Å². The van der Waals surface area contributed by atoms with Gasteiger partial charge in [-0.05, 0) is 25.3 Å². The van der Waals surface area contributed by atoms with E-state index in [-0.39, 0.29) is 5.92 Å².